The summed E-state index contributed by atoms with van der Waals surface area (Å²) >= 11 is 0. The van der Waals surface area contributed by atoms with Crippen LogP contribution in [0.15, 0.2) is 30.3 Å². The molecule has 1 aliphatic carbocycles. The maximum atomic E-state index is 12.4. The average Bonchev–Trinajstić information content (AvgIpc) is 3.15. The van der Waals surface area contributed by atoms with Crippen LogP contribution in [0, 0.1) is 5.92 Å². The Morgan fingerprint density at radius 1 is 1.00 bits per heavy atom. The predicted molar refractivity (Wildman–Crippen MR) is 103 cm³/mol. The van der Waals surface area contributed by atoms with Crippen molar-refractivity contribution < 1.29 is 9.53 Å². The van der Waals surface area contributed by atoms with Crippen molar-refractivity contribution in [3.8, 4) is 0 Å². The molecular weight excluding hydrogens is 324 g/mol. The molecule has 0 unspecified atom stereocenters. The molecule has 3 fully saturated rings. The highest BCUT2D eigenvalue weighted by molar-refractivity contribution is 5.77. The van der Waals surface area contributed by atoms with Crippen LogP contribution >= 0.6 is 0 Å². The third-order valence-electron chi connectivity index (χ3n) is 6.51. The number of ether oxygens (including phenoxy) is 1. The van der Waals surface area contributed by atoms with Crippen LogP contribution < -0.4 is 0 Å². The Morgan fingerprint density at radius 3 is 2.46 bits per heavy atom. The minimum absolute atomic E-state index is 0.183. The number of nitrogens with zero attached hydrogens (tertiary/aromatic N) is 2. The van der Waals surface area contributed by atoms with Crippen LogP contribution in [-0.4, -0.2) is 60.6 Å². The summed E-state index contributed by atoms with van der Waals surface area (Å²) in [5.74, 6) is 0.667. The average molecular weight is 357 g/mol. The van der Waals surface area contributed by atoms with Crippen LogP contribution in [0.25, 0.3) is 0 Å². The zero-order chi connectivity index (χ0) is 17.8. The Hall–Kier alpha value is -1.39. The van der Waals surface area contributed by atoms with E-state index in [2.05, 4.69) is 35.2 Å². The van der Waals surface area contributed by atoms with E-state index in [0.29, 0.717) is 5.92 Å². The second kappa shape index (κ2) is 8.53. The normalized spacial score (nSPS) is 27.5. The van der Waals surface area contributed by atoms with Gasteiger partial charge >= 0.3 is 0 Å². The number of hydrogen-bond donors (Lipinski definition) is 0. The molecule has 2 saturated heterocycles. The molecule has 1 saturated carbocycles. The molecule has 0 spiro atoms. The van der Waals surface area contributed by atoms with E-state index in [4.69, 9.17) is 4.74 Å². The highest BCUT2D eigenvalue weighted by Crippen LogP contribution is 2.31. The summed E-state index contributed by atoms with van der Waals surface area (Å²) < 4.78 is 6.20. The second-order valence-electron chi connectivity index (χ2n) is 8.26. The van der Waals surface area contributed by atoms with Crippen LogP contribution in [0.5, 0.6) is 0 Å². The van der Waals surface area contributed by atoms with Gasteiger partial charge < -0.3 is 9.64 Å². The van der Waals surface area contributed by atoms with Gasteiger partial charge in [0.25, 0.3) is 0 Å². The largest absolute Gasteiger partial charge is 0.368 e. The molecule has 26 heavy (non-hydrogen) atoms. The van der Waals surface area contributed by atoms with Gasteiger partial charge in [0.1, 0.15) is 6.61 Å². The van der Waals surface area contributed by atoms with E-state index in [9.17, 15) is 4.79 Å². The molecule has 3 aliphatic rings. The fourth-order valence-electron chi connectivity index (χ4n) is 4.69. The SMILES string of the molecule is O=C(CO[C@H]1CCN(C2CCC2)C[C@@H]1Cc1ccccc1)N1CCCC1. The molecule has 4 nitrogen and oxygen atoms in total. The lowest BCUT2D eigenvalue weighted by atomic mass is 9.84. The van der Waals surface area contributed by atoms with Gasteiger partial charge in [0.05, 0.1) is 6.10 Å². The van der Waals surface area contributed by atoms with Gasteiger partial charge in [-0.2, -0.15) is 0 Å². The van der Waals surface area contributed by atoms with Gasteiger partial charge in [-0.15, -0.1) is 0 Å². The first kappa shape index (κ1) is 18.0. The topological polar surface area (TPSA) is 32.8 Å². The number of rotatable bonds is 6. The molecule has 1 amide bonds. The summed E-state index contributed by atoms with van der Waals surface area (Å²) in [6.07, 6.45) is 8.69. The van der Waals surface area contributed by atoms with Crippen LogP contribution in [0.3, 0.4) is 0 Å². The zero-order valence-corrected chi connectivity index (χ0v) is 15.8. The Kier molecular flexibility index (Phi) is 5.91. The fourth-order valence-corrected chi connectivity index (χ4v) is 4.69. The Labute approximate surface area is 157 Å². The van der Waals surface area contributed by atoms with Gasteiger partial charge in [-0.05, 0) is 44.1 Å². The Morgan fingerprint density at radius 2 is 1.77 bits per heavy atom. The van der Waals surface area contributed by atoms with Gasteiger partial charge in [-0.25, -0.2) is 0 Å². The van der Waals surface area contributed by atoms with Crippen LogP contribution in [-0.2, 0) is 16.0 Å². The Bertz CT molecular complexity index is 581. The summed E-state index contributed by atoms with van der Waals surface area (Å²) in [4.78, 5) is 17.0. The molecule has 0 radical (unpaired) electrons. The number of likely N-dealkylation sites (tertiary alicyclic amines) is 2. The molecule has 2 aliphatic heterocycles. The number of benzene rings is 1. The Balaban J connectivity index is 1.36. The lowest BCUT2D eigenvalue weighted by Gasteiger charge is -2.45. The van der Waals surface area contributed by atoms with Crippen molar-refractivity contribution in [2.24, 2.45) is 5.92 Å². The lowest BCUT2D eigenvalue weighted by Crippen LogP contribution is -2.51. The predicted octanol–water partition coefficient (Wildman–Crippen LogP) is 3.11. The van der Waals surface area contributed by atoms with Crippen molar-refractivity contribution in [3.05, 3.63) is 35.9 Å². The maximum absolute atomic E-state index is 12.4. The monoisotopic (exact) mass is 356 g/mol. The van der Waals surface area contributed by atoms with Crippen molar-refractivity contribution in [1.29, 1.82) is 0 Å². The molecular formula is C22H32N2O2. The summed E-state index contributed by atoms with van der Waals surface area (Å²) in [6.45, 7) is 4.32. The van der Waals surface area contributed by atoms with Gasteiger partial charge in [-0.3, -0.25) is 9.69 Å². The molecule has 1 aromatic carbocycles. The molecule has 0 bridgehead atoms. The van der Waals surface area contributed by atoms with E-state index in [0.717, 1.165) is 57.9 Å². The van der Waals surface area contributed by atoms with E-state index in [1.54, 1.807) is 0 Å². The molecule has 4 heteroatoms. The number of carbonyl (C=O) groups is 1. The molecule has 1 aromatic rings. The van der Waals surface area contributed by atoms with E-state index in [-0.39, 0.29) is 18.6 Å². The van der Waals surface area contributed by atoms with Crippen molar-refractivity contribution in [1.82, 2.24) is 9.80 Å². The summed E-state index contributed by atoms with van der Waals surface area (Å²) in [7, 11) is 0. The molecule has 0 aromatic heterocycles. The fraction of sp³-hybridized carbons (Fsp3) is 0.682. The third kappa shape index (κ3) is 4.29. The standard InChI is InChI=1S/C22H32N2O2/c25-22(23-12-4-5-13-23)17-26-21-11-14-24(20-9-6-10-20)16-19(21)15-18-7-2-1-3-8-18/h1-3,7-8,19-21H,4-6,9-17H2/t19-,21-/m0/s1. The van der Waals surface area contributed by atoms with Crippen LogP contribution in [0.1, 0.15) is 44.1 Å². The summed E-state index contributed by atoms with van der Waals surface area (Å²) in [5.41, 5.74) is 1.38. The quantitative estimate of drug-likeness (QED) is 0.785. The number of piperidine rings is 1. The highest BCUT2D eigenvalue weighted by atomic mass is 16.5. The van der Waals surface area contributed by atoms with Crippen molar-refractivity contribution in [3.63, 3.8) is 0 Å². The van der Waals surface area contributed by atoms with Gasteiger partial charge in [0.2, 0.25) is 5.91 Å². The number of amides is 1. The molecule has 142 valence electrons. The van der Waals surface area contributed by atoms with Crippen LogP contribution in [0.4, 0.5) is 0 Å². The number of carbonyl (C=O) groups excluding carboxylic acids is 1. The smallest absolute Gasteiger partial charge is 0.248 e. The van der Waals surface area contributed by atoms with Gasteiger partial charge in [0, 0.05) is 38.1 Å². The van der Waals surface area contributed by atoms with Crippen molar-refractivity contribution in [2.75, 3.05) is 32.8 Å². The first-order chi connectivity index (χ1) is 12.8. The minimum atomic E-state index is 0.183. The first-order valence-corrected chi connectivity index (χ1v) is 10.5. The molecule has 0 N–H and O–H groups in total. The molecule has 4 rings (SSSR count). The molecule has 2 heterocycles. The van der Waals surface area contributed by atoms with Gasteiger partial charge in [-0.1, -0.05) is 36.8 Å². The zero-order valence-electron chi connectivity index (χ0n) is 15.8. The van der Waals surface area contributed by atoms with Crippen molar-refractivity contribution in [2.45, 2.75) is 57.1 Å². The maximum Gasteiger partial charge on any atom is 0.248 e. The first-order valence-electron chi connectivity index (χ1n) is 10.5. The third-order valence-corrected chi connectivity index (χ3v) is 6.51. The minimum Gasteiger partial charge on any atom is -0.368 e. The van der Waals surface area contributed by atoms with E-state index < -0.39 is 0 Å². The summed E-state index contributed by atoms with van der Waals surface area (Å²) in [6, 6.07) is 11.5. The van der Waals surface area contributed by atoms with Crippen LogP contribution in [0.2, 0.25) is 0 Å². The van der Waals surface area contributed by atoms with E-state index in [1.807, 2.05) is 4.90 Å². The number of hydrogen-bond acceptors (Lipinski definition) is 3. The van der Waals surface area contributed by atoms with Crippen molar-refractivity contribution >= 4 is 5.91 Å². The lowest BCUT2D eigenvalue weighted by molar-refractivity contribution is -0.140. The highest BCUT2D eigenvalue weighted by Gasteiger charge is 2.35. The van der Waals surface area contributed by atoms with Gasteiger partial charge in [0.15, 0.2) is 0 Å². The van der Waals surface area contributed by atoms with E-state index >= 15 is 0 Å². The molecule has 2 atom stereocenters. The van der Waals surface area contributed by atoms with E-state index in [1.165, 1.54) is 24.8 Å². The summed E-state index contributed by atoms with van der Waals surface area (Å²) in [5, 5.41) is 0. The second-order valence-corrected chi connectivity index (χ2v) is 8.26.